The van der Waals surface area contributed by atoms with Gasteiger partial charge in [0, 0.05) is 73.5 Å². The number of carbonyl (C=O) groups excluding carboxylic acids is 2. The number of ether oxygens (including phenoxy) is 4. The van der Waals surface area contributed by atoms with Crippen molar-refractivity contribution in [3.63, 3.8) is 0 Å². The lowest BCUT2D eigenvalue weighted by molar-refractivity contribution is -0.307. The van der Waals surface area contributed by atoms with Crippen LogP contribution in [0.5, 0.6) is 5.75 Å². The van der Waals surface area contributed by atoms with Gasteiger partial charge < -0.3 is 40.2 Å². The number of fused-ring (bicyclic) bond motifs is 2. The highest BCUT2D eigenvalue weighted by atomic mass is 16.6. The number of rotatable bonds is 8. The van der Waals surface area contributed by atoms with Crippen molar-refractivity contribution in [2.24, 2.45) is 29.4 Å². The van der Waals surface area contributed by atoms with Gasteiger partial charge in [0.2, 0.25) is 0 Å². The van der Waals surface area contributed by atoms with Crippen molar-refractivity contribution in [3.8, 4) is 5.75 Å². The minimum Gasteiger partial charge on any atom is -0.497 e. The number of aliphatic hydroxyl groups is 2. The van der Waals surface area contributed by atoms with Gasteiger partial charge >= 0.3 is 5.97 Å². The van der Waals surface area contributed by atoms with Crippen molar-refractivity contribution >= 4 is 17.6 Å². The van der Waals surface area contributed by atoms with E-state index >= 15 is 0 Å². The second-order valence-corrected chi connectivity index (χ2v) is 15.2. The summed E-state index contributed by atoms with van der Waals surface area (Å²) in [5, 5.41) is 28.4. The Morgan fingerprint density at radius 3 is 2.52 bits per heavy atom. The molecule has 3 saturated carbocycles. The highest BCUT2D eigenvalue weighted by molar-refractivity contribution is 6.08. The minimum absolute atomic E-state index is 0.0666. The van der Waals surface area contributed by atoms with E-state index in [0.717, 1.165) is 6.42 Å². The lowest BCUT2D eigenvalue weighted by Gasteiger charge is -2.63. The first-order chi connectivity index (χ1) is 22.9. The van der Waals surface area contributed by atoms with Gasteiger partial charge in [-0.25, -0.2) is 4.79 Å². The smallest absolute Gasteiger partial charge is 0.340 e. The maximum absolute atomic E-state index is 14.5. The van der Waals surface area contributed by atoms with Crippen LogP contribution in [0.1, 0.15) is 66.7 Å². The summed E-state index contributed by atoms with van der Waals surface area (Å²) < 4.78 is 24.1. The lowest BCUT2D eigenvalue weighted by atomic mass is 9.55. The number of hydrogen-bond acceptors (Lipinski definition) is 10. The maximum Gasteiger partial charge on any atom is 0.340 e. The zero-order valence-corrected chi connectivity index (χ0v) is 28.2. The van der Waals surface area contributed by atoms with Crippen LogP contribution in [0.25, 0.3) is 0 Å². The number of piperidine rings is 2. The zero-order chi connectivity index (χ0) is 34.0. The van der Waals surface area contributed by atoms with Crippen LogP contribution in [-0.4, -0.2) is 101 Å². The predicted molar refractivity (Wildman–Crippen MR) is 176 cm³/mol. The summed E-state index contributed by atoms with van der Waals surface area (Å²) in [6.07, 6.45) is 2.22. The molecule has 14 atom stereocenters. The number of carbonyl (C=O) groups is 2. The third-order valence-corrected chi connectivity index (χ3v) is 13.8. The molecule has 3 heterocycles. The molecule has 3 aliphatic carbocycles. The number of nitrogens with one attached hydrogen (secondary N) is 1. The molecule has 2 aromatic rings. The van der Waals surface area contributed by atoms with Gasteiger partial charge in [0.15, 0.2) is 0 Å². The Morgan fingerprint density at radius 1 is 1.04 bits per heavy atom. The van der Waals surface area contributed by atoms with Gasteiger partial charge in [-0.15, -0.1) is 0 Å². The quantitative estimate of drug-likeness (QED) is 0.311. The Hall–Kier alpha value is -3.06. The monoisotopic (exact) mass is 661 g/mol. The normalized spacial score (nSPS) is 45.0. The van der Waals surface area contributed by atoms with Crippen molar-refractivity contribution in [2.45, 2.75) is 98.6 Å². The van der Waals surface area contributed by atoms with Gasteiger partial charge in [-0.1, -0.05) is 18.2 Å². The molecule has 3 saturated heterocycles. The molecular weight excluding hydrogens is 614 g/mol. The van der Waals surface area contributed by atoms with Crippen LogP contribution in [-0.2, 0) is 14.2 Å². The fraction of sp³-hybridized carbons (Fsp3) is 0.622. The molecule has 258 valence electrons. The molecule has 6 aliphatic rings. The Labute approximate surface area is 281 Å². The molecule has 7 bridgehead atoms. The minimum atomic E-state index is -1.46. The third-order valence-electron chi connectivity index (χ3n) is 13.8. The van der Waals surface area contributed by atoms with E-state index in [1.54, 1.807) is 62.8 Å². The molecule has 48 heavy (non-hydrogen) atoms. The largest absolute Gasteiger partial charge is 0.497 e. The fourth-order valence-electron chi connectivity index (χ4n) is 12.3. The molecule has 3 aliphatic heterocycles. The van der Waals surface area contributed by atoms with Crippen LogP contribution >= 0.6 is 0 Å². The number of nitrogens with zero attached hydrogens (tertiary/aromatic N) is 1. The van der Waals surface area contributed by atoms with Crippen molar-refractivity contribution in [3.05, 3.63) is 59.7 Å². The third kappa shape index (κ3) is 3.70. The van der Waals surface area contributed by atoms with Crippen molar-refractivity contribution < 1.29 is 38.7 Å². The fourth-order valence-corrected chi connectivity index (χ4v) is 12.3. The molecule has 1 amide bonds. The second-order valence-electron chi connectivity index (χ2n) is 15.2. The summed E-state index contributed by atoms with van der Waals surface area (Å²) in [4.78, 5) is 30.2. The van der Waals surface area contributed by atoms with Crippen LogP contribution < -0.4 is 15.8 Å². The second kappa shape index (κ2) is 10.7. The number of amides is 1. The maximum atomic E-state index is 14.5. The number of methoxy groups -OCH3 is 3. The van der Waals surface area contributed by atoms with Crippen LogP contribution in [0.15, 0.2) is 48.5 Å². The van der Waals surface area contributed by atoms with E-state index in [1.807, 2.05) is 6.92 Å². The summed E-state index contributed by atoms with van der Waals surface area (Å²) in [7, 11) is 4.83. The van der Waals surface area contributed by atoms with E-state index in [2.05, 4.69) is 17.1 Å². The van der Waals surface area contributed by atoms with Crippen molar-refractivity contribution in [1.29, 1.82) is 0 Å². The molecule has 8 rings (SSSR count). The molecule has 0 aromatic heterocycles. The Balaban J connectivity index is 1.18. The van der Waals surface area contributed by atoms with Gasteiger partial charge in [0.1, 0.15) is 22.6 Å². The molecular formula is C37H47N3O8. The van der Waals surface area contributed by atoms with E-state index in [0.29, 0.717) is 42.7 Å². The van der Waals surface area contributed by atoms with E-state index in [-0.39, 0.29) is 59.4 Å². The Morgan fingerprint density at radius 2 is 1.81 bits per heavy atom. The summed E-state index contributed by atoms with van der Waals surface area (Å²) in [5.41, 5.74) is 3.33. The van der Waals surface area contributed by atoms with Crippen molar-refractivity contribution in [2.75, 3.05) is 26.6 Å². The first-order valence-corrected chi connectivity index (χ1v) is 17.3. The van der Waals surface area contributed by atoms with Gasteiger partial charge in [0.25, 0.3) is 5.91 Å². The van der Waals surface area contributed by atoms with E-state index in [4.69, 9.17) is 24.7 Å². The molecule has 2 aromatic carbocycles. The Bertz CT molecular complexity index is 1650. The molecule has 0 radical (unpaired) electrons. The predicted octanol–water partition coefficient (Wildman–Crippen LogP) is 2.98. The average Bonchev–Trinajstić information content (AvgIpc) is 3.60. The first-order valence-electron chi connectivity index (χ1n) is 17.3. The molecule has 11 heteroatoms. The topological polar surface area (TPSA) is 153 Å². The van der Waals surface area contributed by atoms with Gasteiger partial charge in [-0.3, -0.25) is 9.69 Å². The van der Waals surface area contributed by atoms with E-state index in [1.165, 1.54) is 7.11 Å². The van der Waals surface area contributed by atoms with Crippen LogP contribution in [0.4, 0.5) is 5.69 Å². The number of para-hydroxylation sites is 1. The molecule has 6 unspecified atom stereocenters. The standard InChI is InChI=1S/C37H47N3O8/c1-19(38)25-13-14-34-28-17-30(35(43)18-27(46-4)24-16-29(34)37(35,44)31(24)47-5)40(34)20(2)36(25,28)48-33(42)23-11-6-7-12-26(23)39-32(41)21-9-8-10-22(15-21)45-3/h6-12,15,19-20,24-25,27-31,43-44H,13-14,16-18,38H2,1-5H3,(H,39,41)/t19-,20-,24+,25?,27-,28?,29?,30+,31-,34?,35-,36?,37-/m0/s1. The lowest BCUT2D eigenvalue weighted by Crippen LogP contribution is -2.81. The molecule has 1 spiro atoms. The van der Waals surface area contributed by atoms with Crippen LogP contribution in [0.2, 0.25) is 0 Å². The van der Waals surface area contributed by atoms with Gasteiger partial charge in [-0.2, -0.15) is 0 Å². The van der Waals surface area contributed by atoms with Gasteiger partial charge in [0.05, 0.1) is 30.6 Å². The number of nitrogens with two attached hydrogens (primary N) is 1. The highest BCUT2D eigenvalue weighted by Crippen LogP contribution is 2.77. The highest BCUT2D eigenvalue weighted by Gasteiger charge is 2.90. The average molecular weight is 662 g/mol. The number of esters is 1. The van der Waals surface area contributed by atoms with E-state index < -0.39 is 34.4 Å². The number of benzene rings is 2. The summed E-state index contributed by atoms with van der Waals surface area (Å²) in [6.45, 7) is 4.08. The SMILES string of the molecule is COc1cccc(C(=O)Nc2ccccc2C(=O)OC23C([C@H](C)N)CCC45C2C[C@@H](N4[C@H]3C)[C@@]2(O)C[C@H](OC)[C@H]3CC5[C@]2(O)[C@H]3OC)c1. The molecule has 6 fully saturated rings. The van der Waals surface area contributed by atoms with Gasteiger partial charge in [-0.05, 0) is 69.9 Å². The van der Waals surface area contributed by atoms with Crippen molar-refractivity contribution in [1.82, 2.24) is 4.90 Å². The Kier molecular flexibility index (Phi) is 7.18. The summed E-state index contributed by atoms with van der Waals surface area (Å²) >= 11 is 0. The first kappa shape index (κ1) is 32.2. The zero-order valence-electron chi connectivity index (χ0n) is 28.2. The molecule has 11 nitrogen and oxygen atoms in total. The number of hydrogen-bond donors (Lipinski definition) is 4. The van der Waals surface area contributed by atoms with Crippen LogP contribution in [0, 0.1) is 23.7 Å². The summed E-state index contributed by atoms with van der Waals surface area (Å²) in [5.74, 6) is -1.05. The summed E-state index contributed by atoms with van der Waals surface area (Å²) in [6, 6.07) is 12.8. The van der Waals surface area contributed by atoms with Crippen LogP contribution in [0.3, 0.4) is 0 Å². The van der Waals surface area contributed by atoms with E-state index in [9.17, 15) is 19.8 Å². The number of anilines is 1. The molecule has 5 N–H and O–H groups in total.